The molecule has 20 heavy (non-hydrogen) atoms. The van der Waals surface area contributed by atoms with Crippen LogP contribution in [0, 0.1) is 0 Å². The maximum atomic E-state index is 12.0. The van der Waals surface area contributed by atoms with Crippen molar-refractivity contribution in [3.8, 4) is 0 Å². The summed E-state index contributed by atoms with van der Waals surface area (Å²) in [6.45, 7) is 1.75. The first-order chi connectivity index (χ1) is 9.31. The van der Waals surface area contributed by atoms with E-state index < -0.39 is 17.2 Å². The van der Waals surface area contributed by atoms with Crippen molar-refractivity contribution in [1.82, 2.24) is 19.1 Å². The Labute approximate surface area is 117 Å². The van der Waals surface area contributed by atoms with Crippen LogP contribution in [0.1, 0.15) is 13.3 Å². The van der Waals surface area contributed by atoms with Gasteiger partial charge in [-0.1, -0.05) is 18.7 Å². The molecule has 1 atom stereocenters. The highest BCUT2D eigenvalue weighted by Gasteiger charge is 2.16. The third-order valence-electron chi connectivity index (χ3n) is 2.85. The molecule has 9 heteroatoms. The summed E-state index contributed by atoms with van der Waals surface area (Å²) in [4.78, 5) is 41.4. The van der Waals surface area contributed by atoms with E-state index in [1.165, 1.54) is 30.4 Å². The molecule has 0 fully saturated rings. The molecule has 0 amide bonds. The number of carbonyl (C=O) groups is 1. The molecule has 8 nitrogen and oxygen atoms in total. The van der Waals surface area contributed by atoms with Gasteiger partial charge >= 0.3 is 11.7 Å². The minimum Gasteiger partial charge on any atom is -0.481 e. The van der Waals surface area contributed by atoms with Gasteiger partial charge in [0.05, 0.1) is 6.42 Å². The average Bonchev–Trinajstić information content (AvgIpc) is 2.76. The van der Waals surface area contributed by atoms with E-state index in [0.29, 0.717) is 5.16 Å². The molecule has 108 valence electrons. The number of hydrogen-bond donors (Lipinski definition) is 2. The SMILES string of the molecule is CC(CC(=O)O)Sc1nc2c([nH]1)c(=O)n(C)c(=O)n2C. The van der Waals surface area contributed by atoms with Crippen molar-refractivity contribution in [2.45, 2.75) is 23.8 Å². The Balaban J connectivity index is 2.47. The third kappa shape index (κ3) is 2.48. The summed E-state index contributed by atoms with van der Waals surface area (Å²) in [7, 11) is 2.92. The van der Waals surface area contributed by atoms with E-state index >= 15 is 0 Å². The van der Waals surface area contributed by atoms with Crippen molar-refractivity contribution < 1.29 is 9.90 Å². The Kier molecular flexibility index (Phi) is 3.71. The molecule has 2 N–H and O–H groups in total. The van der Waals surface area contributed by atoms with Crippen molar-refractivity contribution in [2.75, 3.05) is 0 Å². The van der Waals surface area contributed by atoms with E-state index in [-0.39, 0.29) is 22.8 Å². The molecule has 0 radical (unpaired) electrons. The number of aromatic nitrogens is 4. The largest absolute Gasteiger partial charge is 0.481 e. The molecule has 0 saturated heterocycles. The lowest BCUT2D eigenvalue weighted by Gasteiger charge is -2.04. The number of aliphatic carboxylic acids is 1. The van der Waals surface area contributed by atoms with Gasteiger partial charge in [0.15, 0.2) is 16.3 Å². The Bertz CT molecular complexity index is 788. The molecule has 2 heterocycles. The highest BCUT2D eigenvalue weighted by molar-refractivity contribution is 7.99. The molecule has 0 spiro atoms. The summed E-state index contributed by atoms with van der Waals surface area (Å²) in [5.74, 6) is -0.899. The number of nitrogens with zero attached hydrogens (tertiary/aromatic N) is 3. The van der Waals surface area contributed by atoms with Crippen molar-refractivity contribution in [3.05, 3.63) is 20.8 Å². The Morgan fingerprint density at radius 2 is 2.05 bits per heavy atom. The van der Waals surface area contributed by atoms with Gasteiger partial charge in [-0.25, -0.2) is 9.78 Å². The van der Waals surface area contributed by atoms with Crippen LogP contribution in [-0.2, 0) is 18.9 Å². The molecule has 0 aromatic carbocycles. The normalized spacial score (nSPS) is 12.8. The lowest BCUT2D eigenvalue weighted by atomic mass is 10.3. The van der Waals surface area contributed by atoms with E-state index in [4.69, 9.17) is 5.11 Å². The number of carboxylic acids is 1. The first-order valence-corrected chi connectivity index (χ1v) is 6.73. The van der Waals surface area contributed by atoms with Crippen LogP contribution in [0.3, 0.4) is 0 Å². The maximum absolute atomic E-state index is 12.0. The number of H-pyrrole nitrogens is 1. The second-order valence-corrected chi connectivity index (χ2v) is 5.90. The molecular formula is C11H14N4O4S. The van der Waals surface area contributed by atoms with Crippen LogP contribution in [0.25, 0.3) is 11.2 Å². The number of aryl methyl sites for hydroxylation is 1. The molecule has 0 aliphatic carbocycles. The molecule has 1 unspecified atom stereocenters. The molecule has 0 saturated carbocycles. The average molecular weight is 298 g/mol. The minimum atomic E-state index is -0.899. The zero-order valence-corrected chi connectivity index (χ0v) is 12.0. The topological polar surface area (TPSA) is 110 Å². The van der Waals surface area contributed by atoms with Crippen molar-refractivity contribution in [1.29, 1.82) is 0 Å². The van der Waals surface area contributed by atoms with Gasteiger partial charge in [0.1, 0.15) is 0 Å². The molecular weight excluding hydrogens is 284 g/mol. The second-order valence-electron chi connectivity index (χ2n) is 4.47. The Hall–Kier alpha value is -2.03. The first-order valence-electron chi connectivity index (χ1n) is 5.85. The molecule has 0 aliphatic rings. The number of thioether (sulfide) groups is 1. The van der Waals surface area contributed by atoms with Crippen molar-refractivity contribution in [3.63, 3.8) is 0 Å². The number of carboxylic acid groups (broad SMARTS) is 1. The van der Waals surface area contributed by atoms with E-state index in [0.717, 1.165) is 4.57 Å². The lowest BCUT2D eigenvalue weighted by Crippen LogP contribution is -2.36. The van der Waals surface area contributed by atoms with Crippen molar-refractivity contribution in [2.24, 2.45) is 14.1 Å². The van der Waals surface area contributed by atoms with E-state index in [9.17, 15) is 14.4 Å². The second kappa shape index (κ2) is 5.16. The van der Waals surface area contributed by atoms with Gasteiger partial charge in [-0.2, -0.15) is 0 Å². The third-order valence-corrected chi connectivity index (χ3v) is 3.83. The van der Waals surface area contributed by atoms with Crippen molar-refractivity contribution >= 4 is 28.9 Å². The Morgan fingerprint density at radius 1 is 1.40 bits per heavy atom. The fraction of sp³-hybridized carbons (Fsp3) is 0.455. The minimum absolute atomic E-state index is 0.0152. The quantitative estimate of drug-likeness (QED) is 0.764. The Morgan fingerprint density at radius 3 is 2.65 bits per heavy atom. The summed E-state index contributed by atoms with van der Waals surface area (Å²) < 4.78 is 2.27. The van der Waals surface area contributed by atoms with Gasteiger partial charge in [-0.05, 0) is 0 Å². The zero-order chi connectivity index (χ0) is 15.0. The van der Waals surface area contributed by atoms with Crippen LogP contribution >= 0.6 is 11.8 Å². The first kappa shape index (κ1) is 14.4. The van der Waals surface area contributed by atoms with Gasteiger partial charge in [0, 0.05) is 19.3 Å². The molecule has 0 bridgehead atoms. The smallest absolute Gasteiger partial charge is 0.332 e. The van der Waals surface area contributed by atoms with Crippen LogP contribution in [-0.4, -0.2) is 35.4 Å². The summed E-state index contributed by atoms with van der Waals surface area (Å²) in [6, 6.07) is 0. The monoisotopic (exact) mass is 298 g/mol. The van der Waals surface area contributed by atoms with E-state index in [1.807, 2.05) is 0 Å². The molecule has 2 aromatic heterocycles. The number of hydrogen-bond acceptors (Lipinski definition) is 5. The summed E-state index contributed by atoms with van der Waals surface area (Å²) in [5, 5.41) is 8.94. The number of fused-ring (bicyclic) bond motifs is 1. The van der Waals surface area contributed by atoms with Gasteiger partial charge in [-0.3, -0.25) is 18.7 Å². The zero-order valence-electron chi connectivity index (χ0n) is 11.2. The number of rotatable bonds is 4. The van der Waals surface area contributed by atoms with Gasteiger partial charge in [0.25, 0.3) is 5.56 Å². The van der Waals surface area contributed by atoms with Gasteiger partial charge in [0.2, 0.25) is 0 Å². The maximum Gasteiger partial charge on any atom is 0.332 e. The predicted molar refractivity (Wildman–Crippen MR) is 74.1 cm³/mol. The number of imidazole rings is 1. The van der Waals surface area contributed by atoms with Crippen LogP contribution in [0.4, 0.5) is 0 Å². The number of aromatic amines is 1. The summed E-state index contributed by atoms with van der Waals surface area (Å²) >= 11 is 1.22. The van der Waals surface area contributed by atoms with Crippen LogP contribution < -0.4 is 11.2 Å². The summed E-state index contributed by atoms with van der Waals surface area (Å²) in [5.41, 5.74) is -0.403. The fourth-order valence-corrected chi connectivity index (χ4v) is 2.75. The van der Waals surface area contributed by atoms with E-state index in [1.54, 1.807) is 6.92 Å². The van der Waals surface area contributed by atoms with E-state index in [2.05, 4.69) is 9.97 Å². The molecule has 0 aliphatic heterocycles. The lowest BCUT2D eigenvalue weighted by molar-refractivity contribution is -0.136. The highest BCUT2D eigenvalue weighted by atomic mass is 32.2. The van der Waals surface area contributed by atoms with Crippen LogP contribution in [0.15, 0.2) is 14.7 Å². The molecule has 2 rings (SSSR count). The van der Waals surface area contributed by atoms with Crippen LogP contribution in [0.5, 0.6) is 0 Å². The number of nitrogens with one attached hydrogen (secondary N) is 1. The van der Waals surface area contributed by atoms with Gasteiger partial charge in [-0.15, -0.1) is 0 Å². The summed E-state index contributed by atoms with van der Waals surface area (Å²) in [6.07, 6.45) is -0.0152. The molecule has 2 aromatic rings. The standard InChI is InChI=1S/C11H14N4O4S/c1-5(4-6(16)17)20-10-12-7-8(13-10)14(2)11(19)15(3)9(7)18/h5H,4H2,1-3H3,(H,12,13)(H,16,17). The van der Waals surface area contributed by atoms with Gasteiger partial charge < -0.3 is 10.1 Å². The van der Waals surface area contributed by atoms with Crippen LogP contribution in [0.2, 0.25) is 0 Å². The predicted octanol–water partition coefficient (Wildman–Crippen LogP) is -0.0844. The highest BCUT2D eigenvalue weighted by Crippen LogP contribution is 2.23. The fourth-order valence-electron chi connectivity index (χ4n) is 1.84.